The van der Waals surface area contributed by atoms with Crippen LogP contribution >= 0.6 is 0 Å². The molecule has 1 aromatic heterocycles. The van der Waals surface area contributed by atoms with E-state index < -0.39 is 58.4 Å². The Morgan fingerprint density at radius 2 is 1.68 bits per heavy atom. The molecule has 166 valence electrons. The highest BCUT2D eigenvalue weighted by Crippen LogP contribution is 2.35. The maximum absolute atomic E-state index is 12.9. The second kappa shape index (κ2) is 10.00. The third-order valence-electron chi connectivity index (χ3n) is 3.60. The molecule has 1 heterocycles. The molecule has 1 aromatic carbocycles. The summed E-state index contributed by atoms with van der Waals surface area (Å²) in [4.78, 5) is 47.0. The number of carbonyl (C=O) groups is 3. The first-order chi connectivity index (χ1) is 14.7. The first-order valence-electron chi connectivity index (χ1n) is 8.56. The first-order valence-corrected chi connectivity index (χ1v) is 8.56. The van der Waals surface area contributed by atoms with Gasteiger partial charge in [0.1, 0.15) is 5.56 Å². The molecule has 0 atom stereocenters. The van der Waals surface area contributed by atoms with Gasteiger partial charge in [0.15, 0.2) is 17.2 Å². The smallest absolute Gasteiger partial charge is 0.493 e. The number of aromatic amines is 1. The van der Waals surface area contributed by atoms with E-state index in [9.17, 15) is 24.5 Å². The van der Waals surface area contributed by atoms with E-state index in [1.54, 1.807) is 13.8 Å². The Hall–Kier alpha value is -4.23. The van der Waals surface area contributed by atoms with E-state index >= 15 is 0 Å². The molecule has 2 aromatic rings. The van der Waals surface area contributed by atoms with Crippen LogP contribution in [-0.4, -0.2) is 65.4 Å². The summed E-state index contributed by atoms with van der Waals surface area (Å²) in [6, 6.07) is 2.08. The number of methoxy groups -OCH3 is 2. The van der Waals surface area contributed by atoms with Crippen molar-refractivity contribution in [1.82, 2.24) is 15.4 Å². The molecule has 31 heavy (non-hydrogen) atoms. The second-order valence-electron chi connectivity index (χ2n) is 5.94. The molecule has 0 saturated heterocycles. The molecule has 0 aliphatic heterocycles. The van der Waals surface area contributed by atoms with Crippen LogP contribution in [0.3, 0.4) is 0 Å². The van der Waals surface area contributed by atoms with E-state index in [0.29, 0.717) is 0 Å². The van der Waals surface area contributed by atoms with Gasteiger partial charge in [-0.25, -0.2) is 9.59 Å². The molecule has 14 nitrogen and oxygen atoms in total. The van der Waals surface area contributed by atoms with Crippen molar-refractivity contribution in [2.24, 2.45) is 0 Å². The van der Waals surface area contributed by atoms with Gasteiger partial charge in [-0.2, -0.15) is 10.3 Å². The summed E-state index contributed by atoms with van der Waals surface area (Å²) >= 11 is 0. The number of aromatic nitrogens is 3. The fourth-order valence-corrected chi connectivity index (χ4v) is 2.29. The quantitative estimate of drug-likeness (QED) is 0.197. The number of hydrogen-bond acceptors (Lipinski definition) is 12. The van der Waals surface area contributed by atoms with Crippen molar-refractivity contribution in [3.63, 3.8) is 0 Å². The van der Waals surface area contributed by atoms with Gasteiger partial charge in [0.05, 0.1) is 31.3 Å². The van der Waals surface area contributed by atoms with E-state index in [1.807, 2.05) is 0 Å². The van der Waals surface area contributed by atoms with Crippen LogP contribution in [0.4, 0.5) is 10.5 Å². The minimum atomic E-state index is -1.17. The topological polar surface area (TPSA) is 182 Å². The van der Waals surface area contributed by atoms with Gasteiger partial charge in [0, 0.05) is 6.07 Å². The van der Waals surface area contributed by atoms with Gasteiger partial charge < -0.3 is 23.7 Å². The van der Waals surface area contributed by atoms with Crippen molar-refractivity contribution in [2.75, 3.05) is 21.0 Å². The molecular formula is C17H18N4O10. The standard InChI is InChI=1S/C17H18N4O10/c1-8(2)31-17(24)30-7-29-16(23)14-13(18-20-19-14)15(22)9-5-11(27-3)12(28-4)6-10(9)21(25)26/h5-6,8H,7H2,1-4H3,(H,18,19,20). The minimum Gasteiger partial charge on any atom is -0.493 e. The Morgan fingerprint density at radius 3 is 2.26 bits per heavy atom. The third kappa shape index (κ3) is 5.43. The molecule has 0 saturated carbocycles. The monoisotopic (exact) mass is 438 g/mol. The predicted molar refractivity (Wildman–Crippen MR) is 99.0 cm³/mol. The average molecular weight is 438 g/mol. The number of ether oxygens (including phenoxy) is 5. The molecule has 14 heteroatoms. The number of nitro groups is 1. The van der Waals surface area contributed by atoms with Gasteiger partial charge in [-0.3, -0.25) is 14.9 Å². The number of benzene rings is 1. The van der Waals surface area contributed by atoms with E-state index in [1.165, 1.54) is 14.2 Å². The van der Waals surface area contributed by atoms with Crippen LogP contribution < -0.4 is 9.47 Å². The molecule has 0 fully saturated rings. The van der Waals surface area contributed by atoms with E-state index in [0.717, 1.165) is 12.1 Å². The van der Waals surface area contributed by atoms with Crippen molar-refractivity contribution < 1.29 is 43.0 Å². The molecule has 0 amide bonds. The van der Waals surface area contributed by atoms with Gasteiger partial charge in [0.2, 0.25) is 18.3 Å². The van der Waals surface area contributed by atoms with E-state index in [2.05, 4.69) is 20.1 Å². The highest BCUT2D eigenvalue weighted by atomic mass is 16.8. The van der Waals surface area contributed by atoms with Crippen LogP contribution in [0.15, 0.2) is 12.1 Å². The van der Waals surface area contributed by atoms with E-state index in [4.69, 9.17) is 18.9 Å². The summed E-state index contributed by atoms with van der Waals surface area (Å²) in [6.07, 6.45) is -1.51. The fraction of sp³-hybridized carbons (Fsp3) is 0.353. The Balaban J connectivity index is 2.27. The maximum atomic E-state index is 12.9. The van der Waals surface area contributed by atoms with Crippen molar-refractivity contribution in [3.05, 3.63) is 39.2 Å². The lowest BCUT2D eigenvalue weighted by atomic mass is 10.0. The normalized spacial score (nSPS) is 10.4. The van der Waals surface area contributed by atoms with Gasteiger partial charge in [0.25, 0.3) is 5.69 Å². The van der Waals surface area contributed by atoms with Gasteiger partial charge in [-0.05, 0) is 13.8 Å². The maximum Gasteiger partial charge on any atom is 0.511 e. The molecule has 0 bridgehead atoms. The average Bonchev–Trinajstić information content (AvgIpc) is 3.21. The number of hydrogen-bond donors (Lipinski definition) is 1. The summed E-state index contributed by atoms with van der Waals surface area (Å²) in [5.74, 6) is -2.11. The van der Waals surface area contributed by atoms with Crippen LogP contribution in [0, 0.1) is 10.1 Å². The second-order valence-corrected chi connectivity index (χ2v) is 5.94. The number of esters is 1. The number of H-pyrrole nitrogens is 1. The number of rotatable bonds is 9. The zero-order valence-corrected chi connectivity index (χ0v) is 16.9. The molecule has 0 radical (unpaired) electrons. The Bertz CT molecular complexity index is 1000. The molecule has 0 aliphatic carbocycles. The molecule has 0 unspecified atom stereocenters. The predicted octanol–water partition coefficient (Wildman–Crippen LogP) is 1.64. The summed E-state index contributed by atoms with van der Waals surface area (Å²) in [5.41, 5.74) is -2.16. The van der Waals surface area contributed by atoms with Gasteiger partial charge >= 0.3 is 12.1 Å². The molecule has 0 aliphatic rings. The summed E-state index contributed by atoms with van der Waals surface area (Å²) < 4.78 is 24.0. The molecule has 0 spiro atoms. The van der Waals surface area contributed by atoms with Crippen LogP contribution in [0.5, 0.6) is 11.5 Å². The van der Waals surface area contributed by atoms with Crippen LogP contribution in [-0.2, 0) is 14.2 Å². The Labute approximate surface area is 174 Å². The molecule has 1 N–H and O–H groups in total. The molecule has 2 rings (SSSR count). The number of ketones is 1. The Kier molecular flexibility index (Phi) is 7.43. The fourth-order valence-electron chi connectivity index (χ4n) is 2.29. The zero-order chi connectivity index (χ0) is 23.1. The van der Waals surface area contributed by atoms with Crippen molar-refractivity contribution >= 4 is 23.6 Å². The lowest BCUT2D eigenvalue weighted by molar-refractivity contribution is -0.385. The highest BCUT2D eigenvalue weighted by Gasteiger charge is 2.31. The van der Waals surface area contributed by atoms with Crippen LogP contribution in [0.2, 0.25) is 0 Å². The number of nitro benzene ring substituents is 1. The van der Waals surface area contributed by atoms with Crippen molar-refractivity contribution in [1.29, 1.82) is 0 Å². The number of nitrogens with one attached hydrogen (secondary N) is 1. The lowest BCUT2D eigenvalue weighted by Crippen LogP contribution is -2.18. The number of carbonyl (C=O) groups excluding carboxylic acids is 3. The molecular weight excluding hydrogens is 420 g/mol. The number of nitrogens with zero attached hydrogens (tertiary/aromatic N) is 3. The minimum absolute atomic E-state index is 0.0240. The highest BCUT2D eigenvalue weighted by molar-refractivity contribution is 6.14. The van der Waals surface area contributed by atoms with E-state index in [-0.39, 0.29) is 11.5 Å². The summed E-state index contributed by atoms with van der Waals surface area (Å²) in [6.45, 7) is 2.36. The lowest BCUT2D eigenvalue weighted by Gasteiger charge is -2.10. The largest absolute Gasteiger partial charge is 0.511 e. The SMILES string of the molecule is COc1cc(C(=O)c2n[nH]nc2C(=O)OCOC(=O)OC(C)C)c([N+](=O)[O-])cc1OC. The van der Waals surface area contributed by atoms with Crippen molar-refractivity contribution in [2.45, 2.75) is 20.0 Å². The van der Waals surface area contributed by atoms with Crippen LogP contribution in [0.1, 0.15) is 40.4 Å². The van der Waals surface area contributed by atoms with Gasteiger partial charge in [-0.15, -0.1) is 5.10 Å². The first kappa shape index (κ1) is 23.1. The van der Waals surface area contributed by atoms with Crippen LogP contribution in [0.25, 0.3) is 0 Å². The summed E-state index contributed by atoms with van der Waals surface area (Å²) in [5, 5.41) is 20.6. The summed E-state index contributed by atoms with van der Waals surface area (Å²) in [7, 11) is 2.55. The Morgan fingerprint density at radius 1 is 1.06 bits per heavy atom. The van der Waals surface area contributed by atoms with Gasteiger partial charge in [-0.1, -0.05) is 0 Å². The van der Waals surface area contributed by atoms with Crippen molar-refractivity contribution in [3.8, 4) is 11.5 Å². The zero-order valence-electron chi connectivity index (χ0n) is 16.9. The third-order valence-corrected chi connectivity index (χ3v) is 3.60.